The van der Waals surface area contributed by atoms with Crippen molar-refractivity contribution in [2.45, 2.75) is 23.9 Å². The first-order chi connectivity index (χ1) is 9.62. The minimum absolute atomic E-state index is 0.216. The number of alkyl halides is 3. The number of halogens is 4. The normalized spacial score (nSPS) is 18.9. The maximum absolute atomic E-state index is 13.1. The summed E-state index contributed by atoms with van der Waals surface area (Å²) in [5.41, 5.74) is 5.00. The number of sulfonamides is 1. The highest BCUT2D eigenvalue weighted by Crippen LogP contribution is 2.35. The first-order valence-corrected chi connectivity index (χ1v) is 7.68. The molecule has 1 aromatic rings. The summed E-state index contributed by atoms with van der Waals surface area (Å²) in [5, 5.41) is 0. The third-order valence-corrected chi connectivity index (χ3v) is 5.42. The number of piperidine rings is 1. The van der Waals surface area contributed by atoms with E-state index in [4.69, 9.17) is 5.73 Å². The van der Waals surface area contributed by atoms with E-state index in [0.717, 1.165) is 22.5 Å². The van der Waals surface area contributed by atoms with E-state index in [9.17, 15) is 26.0 Å². The van der Waals surface area contributed by atoms with Crippen LogP contribution in [0.25, 0.3) is 0 Å². The fourth-order valence-corrected chi connectivity index (χ4v) is 3.76. The summed E-state index contributed by atoms with van der Waals surface area (Å²) < 4.78 is 76.3. The first kappa shape index (κ1) is 16.0. The van der Waals surface area contributed by atoms with Crippen LogP contribution in [0.3, 0.4) is 0 Å². The molecule has 0 radical (unpaired) electrons. The lowest BCUT2D eigenvalue weighted by Crippen LogP contribution is -2.42. The van der Waals surface area contributed by atoms with Crippen LogP contribution in [0.5, 0.6) is 0 Å². The predicted molar refractivity (Wildman–Crippen MR) is 68.4 cm³/mol. The zero-order valence-corrected chi connectivity index (χ0v) is 11.7. The summed E-state index contributed by atoms with van der Waals surface area (Å²) in [6.45, 7) is -0.437. The van der Waals surface area contributed by atoms with Crippen molar-refractivity contribution in [1.82, 2.24) is 4.31 Å². The lowest BCUT2D eigenvalue weighted by atomic mass is 9.98. The van der Waals surface area contributed by atoms with Crippen LogP contribution < -0.4 is 5.73 Å². The number of anilines is 1. The van der Waals surface area contributed by atoms with Crippen LogP contribution in [0.1, 0.15) is 12.8 Å². The monoisotopic (exact) mass is 326 g/mol. The minimum Gasteiger partial charge on any atom is -0.396 e. The van der Waals surface area contributed by atoms with Gasteiger partial charge in [0.1, 0.15) is 5.82 Å². The quantitative estimate of drug-likeness (QED) is 0.670. The van der Waals surface area contributed by atoms with Gasteiger partial charge in [-0.1, -0.05) is 0 Å². The molecule has 0 spiro atoms. The van der Waals surface area contributed by atoms with E-state index in [0.29, 0.717) is 0 Å². The van der Waals surface area contributed by atoms with Gasteiger partial charge in [-0.3, -0.25) is 0 Å². The van der Waals surface area contributed by atoms with Crippen molar-refractivity contribution in [2.75, 3.05) is 18.8 Å². The van der Waals surface area contributed by atoms with E-state index in [1.807, 2.05) is 0 Å². The Morgan fingerprint density at radius 2 is 1.76 bits per heavy atom. The molecule has 1 aliphatic heterocycles. The third-order valence-electron chi connectivity index (χ3n) is 3.52. The number of nitrogens with two attached hydrogens (primary N) is 1. The summed E-state index contributed by atoms with van der Waals surface area (Å²) in [4.78, 5) is -0.216. The van der Waals surface area contributed by atoms with Gasteiger partial charge in [0, 0.05) is 13.1 Å². The molecule has 0 aliphatic carbocycles. The van der Waals surface area contributed by atoms with Crippen molar-refractivity contribution in [3.63, 3.8) is 0 Å². The summed E-state index contributed by atoms with van der Waals surface area (Å²) in [5.74, 6) is -2.23. The zero-order valence-electron chi connectivity index (χ0n) is 10.9. The van der Waals surface area contributed by atoms with Crippen LogP contribution in [0, 0.1) is 11.7 Å². The molecule has 0 saturated carbocycles. The van der Waals surface area contributed by atoms with E-state index in [-0.39, 0.29) is 36.5 Å². The molecule has 9 heteroatoms. The topological polar surface area (TPSA) is 63.4 Å². The van der Waals surface area contributed by atoms with Crippen molar-refractivity contribution >= 4 is 15.7 Å². The van der Waals surface area contributed by atoms with Crippen molar-refractivity contribution in [3.05, 3.63) is 24.0 Å². The SMILES string of the molecule is Nc1cc(S(=O)(=O)N2CCC(C(F)(F)F)CC2)ccc1F. The standard InChI is InChI=1S/C12H14F4N2O2S/c13-10-2-1-9(7-11(10)17)21(19,20)18-5-3-8(4-6-18)12(14,15)16/h1-2,7-8H,3-6,17H2. The predicted octanol–water partition coefficient (Wildman–Crippen LogP) is 2.37. The van der Waals surface area contributed by atoms with Crippen molar-refractivity contribution in [1.29, 1.82) is 0 Å². The van der Waals surface area contributed by atoms with E-state index in [2.05, 4.69) is 0 Å². The maximum atomic E-state index is 13.1. The molecule has 2 N–H and O–H groups in total. The maximum Gasteiger partial charge on any atom is 0.391 e. The highest BCUT2D eigenvalue weighted by atomic mass is 32.2. The Bertz CT molecular complexity index is 623. The van der Waals surface area contributed by atoms with Crippen LogP contribution in [0.2, 0.25) is 0 Å². The number of hydrogen-bond acceptors (Lipinski definition) is 3. The van der Waals surface area contributed by atoms with Gasteiger partial charge in [-0.25, -0.2) is 12.8 Å². The van der Waals surface area contributed by atoms with E-state index >= 15 is 0 Å². The Balaban J connectivity index is 2.17. The molecule has 118 valence electrons. The lowest BCUT2D eigenvalue weighted by Gasteiger charge is -2.32. The fourth-order valence-electron chi connectivity index (χ4n) is 2.25. The van der Waals surface area contributed by atoms with E-state index < -0.39 is 27.9 Å². The van der Waals surface area contributed by atoms with Crippen LogP contribution >= 0.6 is 0 Å². The average Bonchev–Trinajstić information content (AvgIpc) is 2.41. The van der Waals surface area contributed by atoms with Gasteiger partial charge in [0.05, 0.1) is 16.5 Å². The van der Waals surface area contributed by atoms with Crippen molar-refractivity contribution < 1.29 is 26.0 Å². The summed E-state index contributed by atoms with van der Waals surface area (Å²) >= 11 is 0. The van der Waals surface area contributed by atoms with Crippen LogP contribution in [0.15, 0.2) is 23.1 Å². The molecular weight excluding hydrogens is 312 g/mol. The molecule has 0 aromatic heterocycles. The second kappa shape index (κ2) is 5.45. The van der Waals surface area contributed by atoms with Gasteiger partial charge in [-0.2, -0.15) is 17.5 Å². The molecule has 4 nitrogen and oxygen atoms in total. The van der Waals surface area contributed by atoms with Gasteiger partial charge in [0.15, 0.2) is 0 Å². The second-order valence-electron chi connectivity index (χ2n) is 4.90. The van der Waals surface area contributed by atoms with Crippen LogP contribution in [-0.4, -0.2) is 32.0 Å². The minimum atomic E-state index is -4.31. The van der Waals surface area contributed by atoms with Gasteiger partial charge in [0.25, 0.3) is 0 Å². The molecule has 1 aromatic carbocycles. The van der Waals surface area contributed by atoms with Gasteiger partial charge in [0.2, 0.25) is 10.0 Å². The van der Waals surface area contributed by atoms with Crippen molar-refractivity contribution in [2.24, 2.45) is 5.92 Å². The molecule has 0 unspecified atom stereocenters. The van der Waals surface area contributed by atoms with Gasteiger partial charge in [-0.05, 0) is 31.0 Å². The molecule has 0 bridgehead atoms. The summed E-state index contributed by atoms with van der Waals surface area (Å²) in [6.07, 6.45) is -4.87. The van der Waals surface area contributed by atoms with Gasteiger partial charge >= 0.3 is 6.18 Å². The number of nitrogen functional groups attached to an aromatic ring is 1. The van der Waals surface area contributed by atoms with Crippen molar-refractivity contribution in [3.8, 4) is 0 Å². The zero-order chi connectivity index (χ0) is 15.8. The highest BCUT2D eigenvalue weighted by Gasteiger charge is 2.43. The molecule has 1 aliphatic rings. The average molecular weight is 326 g/mol. The molecule has 2 rings (SSSR count). The molecule has 0 amide bonds. The van der Waals surface area contributed by atoms with Gasteiger partial charge in [-0.15, -0.1) is 0 Å². The largest absolute Gasteiger partial charge is 0.396 e. The van der Waals surface area contributed by atoms with E-state index in [1.54, 1.807) is 0 Å². The summed E-state index contributed by atoms with van der Waals surface area (Å²) in [6, 6.07) is 2.95. The molecule has 21 heavy (non-hydrogen) atoms. The third kappa shape index (κ3) is 3.29. The Hall–Kier alpha value is -1.35. The smallest absolute Gasteiger partial charge is 0.391 e. The number of hydrogen-bond donors (Lipinski definition) is 1. The molecule has 0 atom stereocenters. The van der Waals surface area contributed by atoms with Crippen LogP contribution in [0.4, 0.5) is 23.2 Å². The number of nitrogens with zero attached hydrogens (tertiary/aromatic N) is 1. The Kier molecular flexibility index (Phi) is 4.16. The van der Waals surface area contributed by atoms with E-state index in [1.165, 1.54) is 0 Å². The first-order valence-electron chi connectivity index (χ1n) is 6.24. The Morgan fingerprint density at radius 3 is 2.24 bits per heavy atom. The van der Waals surface area contributed by atoms with Gasteiger partial charge < -0.3 is 5.73 Å². The summed E-state index contributed by atoms with van der Waals surface area (Å²) in [7, 11) is -3.95. The molecule has 1 fully saturated rings. The molecule has 1 heterocycles. The highest BCUT2D eigenvalue weighted by molar-refractivity contribution is 7.89. The lowest BCUT2D eigenvalue weighted by molar-refractivity contribution is -0.182. The number of rotatable bonds is 2. The van der Waals surface area contributed by atoms with Crippen LogP contribution in [-0.2, 0) is 10.0 Å². The second-order valence-corrected chi connectivity index (χ2v) is 6.84. The number of benzene rings is 1. The fraction of sp³-hybridized carbons (Fsp3) is 0.500. The molecule has 1 saturated heterocycles. The Labute approximate surface area is 119 Å². The Morgan fingerprint density at radius 1 is 1.19 bits per heavy atom. The molecular formula is C12H14F4N2O2S.